The number of hydrogen-bond donors (Lipinski definition) is 1. The molecule has 124 valence electrons. The van der Waals surface area contributed by atoms with Gasteiger partial charge in [-0.05, 0) is 35.2 Å². The van der Waals surface area contributed by atoms with Crippen molar-refractivity contribution in [1.29, 1.82) is 0 Å². The van der Waals surface area contributed by atoms with E-state index in [0.29, 0.717) is 6.61 Å². The average molecular weight is 340 g/mol. The van der Waals surface area contributed by atoms with Crippen molar-refractivity contribution in [3.05, 3.63) is 102 Å². The second kappa shape index (κ2) is 9.11. The summed E-state index contributed by atoms with van der Waals surface area (Å²) in [6.07, 6.45) is 0.822. The lowest BCUT2D eigenvalue weighted by Crippen LogP contribution is -2.13. The number of ether oxygens (including phenoxy) is 1. The van der Waals surface area contributed by atoms with Crippen molar-refractivity contribution in [2.75, 3.05) is 0 Å². The van der Waals surface area contributed by atoms with Crippen LogP contribution in [-0.4, -0.2) is 0 Å². The van der Waals surface area contributed by atoms with Crippen LogP contribution >= 0.6 is 12.4 Å². The van der Waals surface area contributed by atoms with Crippen LogP contribution in [0.5, 0.6) is 5.75 Å². The van der Waals surface area contributed by atoms with Gasteiger partial charge in [0.05, 0.1) is 0 Å². The fourth-order valence-electron chi connectivity index (χ4n) is 2.53. The maximum Gasteiger partial charge on any atom is 0.119 e. The van der Waals surface area contributed by atoms with Crippen LogP contribution in [0, 0.1) is 0 Å². The summed E-state index contributed by atoms with van der Waals surface area (Å²) in [4.78, 5) is 0. The molecule has 3 aromatic carbocycles. The van der Waals surface area contributed by atoms with Crippen molar-refractivity contribution in [2.24, 2.45) is 5.73 Å². The van der Waals surface area contributed by atoms with Gasteiger partial charge in [0.1, 0.15) is 12.4 Å². The molecule has 0 radical (unpaired) electrons. The Bertz CT molecular complexity index is 714. The lowest BCUT2D eigenvalue weighted by Gasteiger charge is -2.13. The smallest absolute Gasteiger partial charge is 0.119 e. The monoisotopic (exact) mass is 339 g/mol. The summed E-state index contributed by atoms with van der Waals surface area (Å²) in [5, 5.41) is 0. The van der Waals surface area contributed by atoms with Gasteiger partial charge in [-0.1, -0.05) is 72.8 Å². The molecule has 3 heteroatoms. The molecule has 0 fully saturated rings. The first kappa shape index (κ1) is 18.1. The maximum atomic E-state index is 6.27. The van der Waals surface area contributed by atoms with Crippen LogP contribution in [0.15, 0.2) is 84.9 Å². The van der Waals surface area contributed by atoms with E-state index >= 15 is 0 Å². The molecule has 2 N–H and O–H groups in total. The topological polar surface area (TPSA) is 35.2 Å². The van der Waals surface area contributed by atoms with Crippen LogP contribution in [0.4, 0.5) is 0 Å². The molecule has 3 rings (SSSR count). The zero-order chi connectivity index (χ0) is 15.9. The van der Waals surface area contributed by atoms with E-state index in [1.807, 2.05) is 48.5 Å². The summed E-state index contributed by atoms with van der Waals surface area (Å²) in [6.45, 7) is 0.587. The molecule has 0 bridgehead atoms. The molecule has 0 heterocycles. The second-order valence-electron chi connectivity index (χ2n) is 5.64. The van der Waals surface area contributed by atoms with Gasteiger partial charge in [-0.15, -0.1) is 12.4 Å². The second-order valence-corrected chi connectivity index (χ2v) is 5.64. The average Bonchev–Trinajstić information content (AvgIpc) is 2.63. The molecule has 0 saturated heterocycles. The molecular formula is C21H22ClNO. The van der Waals surface area contributed by atoms with Crippen molar-refractivity contribution >= 4 is 12.4 Å². The third kappa shape index (κ3) is 5.12. The van der Waals surface area contributed by atoms with Gasteiger partial charge in [-0.3, -0.25) is 0 Å². The molecule has 0 aliphatic heterocycles. The zero-order valence-electron chi connectivity index (χ0n) is 13.5. The van der Waals surface area contributed by atoms with Crippen LogP contribution in [0.25, 0.3) is 0 Å². The highest BCUT2D eigenvalue weighted by atomic mass is 35.5. The van der Waals surface area contributed by atoms with Crippen LogP contribution in [0.2, 0.25) is 0 Å². The van der Waals surface area contributed by atoms with Gasteiger partial charge in [0.15, 0.2) is 0 Å². The minimum atomic E-state index is 0. The van der Waals surface area contributed by atoms with Gasteiger partial charge in [-0.25, -0.2) is 0 Å². The Balaban J connectivity index is 0.00000208. The Morgan fingerprint density at radius 1 is 0.708 bits per heavy atom. The molecule has 0 aromatic heterocycles. The predicted octanol–water partition coefficient (Wildman–Crippen LogP) is 4.93. The third-order valence-corrected chi connectivity index (χ3v) is 3.86. The molecule has 0 aliphatic carbocycles. The maximum absolute atomic E-state index is 6.27. The third-order valence-electron chi connectivity index (χ3n) is 3.86. The van der Waals surface area contributed by atoms with Crippen LogP contribution < -0.4 is 10.5 Å². The molecule has 0 aliphatic rings. The van der Waals surface area contributed by atoms with E-state index in [1.54, 1.807) is 0 Å². The van der Waals surface area contributed by atoms with Gasteiger partial charge in [-0.2, -0.15) is 0 Å². The van der Waals surface area contributed by atoms with Crippen molar-refractivity contribution in [3.63, 3.8) is 0 Å². The Labute approximate surface area is 149 Å². The number of hydrogen-bond acceptors (Lipinski definition) is 2. The summed E-state index contributed by atoms with van der Waals surface area (Å²) in [7, 11) is 0. The standard InChI is InChI=1S/C21H21NO.ClH/c22-21(19-9-5-2-6-10-19)15-17-11-13-20(14-12-17)23-16-18-7-3-1-4-8-18;/h1-14,21H,15-16,22H2;1H. The highest BCUT2D eigenvalue weighted by molar-refractivity contribution is 5.85. The van der Waals surface area contributed by atoms with Crippen LogP contribution in [-0.2, 0) is 13.0 Å². The number of rotatable bonds is 6. The van der Waals surface area contributed by atoms with E-state index < -0.39 is 0 Å². The predicted molar refractivity (Wildman–Crippen MR) is 102 cm³/mol. The molecule has 3 aromatic rings. The normalized spacial score (nSPS) is 11.4. The minimum absolute atomic E-state index is 0. The fourth-order valence-corrected chi connectivity index (χ4v) is 2.53. The Kier molecular flexibility index (Phi) is 6.86. The Morgan fingerprint density at radius 2 is 1.29 bits per heavy atom. The largest absolute Gasteiger partial charge is 0.489 e. The zero-order valence-corrected chi connectivity index (χ0v) is 14.3. The molecule has 0 spiro atoms. The van der Waals surface area contributed by atoms with E-state index in [9.17, 15) is 0 Å². The summed E-state index contributed by atoms with van der Waals surface area (Å²) < 4.78 is 5.81. The van der Waals surface area contributed by atoms with E-state index in [1.165, 1.54) is 11.1 Å². The highest BCUT2D eigenvalue weighted by Crippen LogP contribution is 2.19. The van der Waals surface area contributed by atoms with Crippen molar-refractivity contribution < 1.29 is 4.74 Å². The molecule has 24 heavy (non-hydrogen) atoms. The van der Waals surface area contributed by atoms with E-state index in [2.05, 4.69) is 36.4 Å². The molecule has 2 nitrogen and oxygen atoms in total. The van der Waals surface area contributed by atoms with E-state index in [0.717, 1.165) is 17.7 Å². The summed E-state index contributed by atoms with van der Waals surface area (Å²) >= 11 is 0. The molecule has 1 atom stereocenters. The van der Waals surface area contributed by atoms with Gasteiger partial charge < -0.3 is 10.5 Å². The van der Waals surface area contributed by atoms with Gasteiger partial charge in [0.2, 0.25) is 0 Å². The lowest BCUT2D eigenvalue weighted by atomic mass is 10.00. The minimum Gasteiger partial charge on any atom is -0.489 e. The number of nitrogens with two attached hydrogens (primary N) is 1. The van der Waals surface area contributed by atoms with Gasteiger partial charge >= 0.3 is 0 Å². The first-order valence-electron chi connectivity index (χ1n) is 7.87. The van der Waals surface area contributed by atoms with Gasteiger partial charge in [0, 0.05) is 6.04 Å². The first-order chi connectivity index (χ1) is 11.3. The van der Waals surface area contributed by atoms with Gasteiger partial charge in [0.25, 0.3) is 0 Å². The van der Waals surface area contributed by atoms with E-state index in [4.69, 9.17) is 10.5 Å². The molecule has 0 saturated carbocycles. The Morgan fingerprint density at radius 3 is 1.92 bits per heavy atom. The van der Waals surface area contributed by atoms with Crippen molar-refractivity contribution in [2.45, 2.75) is 19.1 Å². The van der Waals surface area contributed by atoms with Crippen LogP contribution in [0.3, 0.4) is 0 Å². The molecule has 0 amide bonds. The van der Waals surface area contributed by atoms with Crippen molar-refractivity contribution in [1.82, 2.24) is 0 Å². The van der Waals surface area contributed by atoms with Crippen molar-refractivity contribution in [3.8, 4) is 5.75 Å². The SMILES string of the molecule is Cl.NC(Cc1ccc(OCc2ccccc2)cc1)c1ccccc1. The summed E-state index contributed by atoms with van der Waals surface area (Å²) in [5.41, 5.74) is 9.82. The highest BCUT2D eigenvalue weighted by Gasteiger charge is 2.06. The molecule has 1 unspecified atom stereocenters. The lowest BCUT2D eigenvalue weighted by molar-refractivity contribution is 0.306. The van der Waals surface area contributed by atoms with Crippen LogP contribution in [0.1, 0.15) is 22.7 Å². The summed E-state index contributed by atoms with van der Waals surface area (Å²) in [6, 6.07) is 28.6. The number of halogens is 1. The Hall–Kier alpha value is -2.29. The van der Waals surface area contributed by atoms with E-state index in [-0.39, 0.29) is 18.4 Å². The number of benzene rings is 3. The molecular weight excluding hydrogens is 318 g/mol. The quantitative estimate of drug-likeness (QED) is 0.691. The summed E-state index contributed by atoms with van der Waals surface area (Å²) in [5.74, 6) is 0.880. The first-order valence-corrected chi connectivity index (χ1v) is 7.87. The fraction of sp³-hybridized carbons (Fsp3) is 0.143.